The molecule has 0 bridgehead atoms. The molecule has 0 saturated carbocycles. The van der Waals surface area contributed by atoms with Gasteiger partial charge in [0.05, 0.1) is 0 Å². The smallest absolute Gasteiger partial charge is 0.337 e. The average Bonchev–Trinajstić information content (AvgIpc) is 3.07. The first-order valence-electron chi connectivity index (χ1n) is 9.70. The Hall–Kier alpha value is -3.76. The number of fused-ring (bicyclic) bond motifs is 1. The second kappa shape index (κ2) is 8.06. The Morgan fingerprint density at radius 3 is 2.66 bits per heavy atom. The number of amides is 4. The highest BCUT2D eigenvalue weighted by molar-refractivity contribution is 6.06. The molecule has 2 aliphatic rings. The number of nitrogens with one attached hydrogen (secondary N) is 2. The van der Waals surface area contributed by atoms with Gasteiger partial charge in [0.25, 0.3) is 11.8 Å². The maximum absolute atomic E-state index is 13.5. The third kappa shape index (κ3) is 4.05. The van der Waals surface area contributed by atoms with E-state index in [1.165, 1.54) is 41.4 Å². The van der Waals surface area contributed by atoms with E-state index < -0.39 is 41.9 Å². The summed E-state index contributed by atoms with van der Waals surface area (Å²) >= 11 is 0. The predicted molar refractivity (Wildman–Crippen MR) is 103 cm³/mol. The Labute approximate surface area is 179 Å². The Kier molecular flexibility index (Phi) is 5.41. The van der Waals surface area contributed by atoms with E-state index in [0.717, 1.165) is 6.20 Å². The summed E-state index contributed by atoms with van der Waals surface area (Å²) in [6.45, 7) is 0.00681. The summed E-state index contributed by atoms with van der Waals surface area (Å²) in [5.41, 5.74) is 0.400. The van der Waals surface area contributed by atoms with Gasteiger partial charge in [-0.05, 0) is 36.2 Å². The minimum Gasteiger partial charge on any atom is -0.337 e. The van der Waals surface area contributed by atoms with Crippen molar-refractivity contribution in [1.82, 2.24) is 20.5 Å². The van der Waals surface area contributed by atoms with Gasteiger partial charge in [-0.1, -0.05) is 6.07 Å². The lowest BCUT2D eigenvalue weighted by Gasteiger charge is -2.29. The molecular formula is C21H17F3N4O4. The van der Waals surface area contributed by atoms with Crippen LogP contribution < -0.4 is 10.6 Å². The van der Waals surface area contributed by atoms with Crippen LogP contribution in [0.15, 0.2) is 42.7 Å². The molecule has 0 radical (unpaired) electrons. The van der Waals surface area contributed by atoms with Crippen molar-refractivity contribution >= 4 is 23.6 Å². The molecule has 1 aromatic carbocycles. The zero-order valence-corrected chi connectivity index (χ0v) is 16.5. The second-order valence-electron chi connectivity index (χ2n) is 7.51. The zero-order chi connectivity index (χ0) is 23.0. The standard InChI is InChI=1S/C21H17F3N4O4/c22-21(23,24)17(12-2-1-7-25-9-12)27-18(30)11-3-4-14-13(8-11)10-28(20(14)32)15-5-6-16(29)26-19(15)31/h1-4,7-9,15,17H,5-6,10H2,(H,27,30)(H,26,29,31)/t15?,17-/m1/s1. The third-order valence-electron chi connectivity index (χ3n) is 5.41. The van der Waals surface area contributed by atoms with Crippen LogP contribution in [0.1, 0.15) is 50.7 Å². The topological polar surface area (TPSA) is 108 Å². The Morgan fingerprint density at radius 1 is 1.22 bits per heavy atom. The molecule has 32 heavy (non-hydrogen) atoms. The molecule has 1 saturated heterocycles. The van der Waals surface area contributed by atoms with Crippen molar-refractivity contribution in [1.29, 1.82) is 0 Å². The van der Waals surface area contributed by atoms with Crippen molar-refractivity contribution in [2.24, 2.45) is 0 Å². The number of aromatic nitrogens is 1. The molecule has 1 aromatic heterocycles. The van der Waals surface area contributed by atoms with Crippen molar-refractivity contribution < 1.29 is 32.3 Å². The maximum Gasteiger partial charge on any atom is 0.412 e. The number of carbonyl (C=O) groups excluding carboxylic acids is 4. The third-order valence-corrected chi connectivity index (χ3v) is 5.41. The number of carbonyl (C=O) groups is 4. The van der Waals surface area contributed by atoms with Gasteiger partial charge in [-0.25, -0.2) is 0 Å². The minimum atomic E-state index is -4.74. The van der Waals surface area contributed by atoms with Crippen molar-refractivity contribution in [2.75, 3.05) is 0 Å². The highest BCUT2D eigenvalue weighted by atomic mass is 19.4. The van der Waals surface area contributed by atoms with Crippen LogP contribution in [0.3, 0.4) is 0 Å². The number of hydrogen-bond donors (Lipinski definition) is 2. The van der Waals surface area contributed by atoms with Gasteiger partial charge < -0.3 is 10.2 Å². The summed E-state index contributed by atoms with van der Waals surface area (Å²) < 4.78 is 40.6. The summed E-state index contributed by atoms with van der Waals surface area (Å²) in [6.07, 6.45) is -2.12. The van der Waals surface area contributed by atoms with E-state index in [9.17, 15) is 32.3 Å². The van der Waals surface area contributed by atoms with Crippen LogP contribution in [0.4, 0.5) is 13.2 Å². The molecule has 166 valence electrons. The quantitative estimate of drug-likeness (QED) is 0.698. The van der Waals surface area contributed by atoms with Crippen molar-refractivity contribution in [2.45, 2.75) is 37.6 Å². The number of hydrogen-bond acceptors (Lipinski definition) is 5. The van der Waals surface area contributed by atoms with Crippen LogP contribution in [-0.4, -0.2) is 45.7 Å². The van der Waals surface area contributed by atoms with Crippen LogP contribution in [0.25, 0.3) is 0 Å². The molecule has 1 fully saturated rings. The maximum atomic E-state index is 13.5. The lowest BCUT2D eigenvalue weighted by atomic mass is 10.0. The summed E-state index contributed by atoms with van der Waals surface area (Å²) in [4.78, 5) is 53.7. The van der Waals surface area contributed by atoms with Gasteiger partial charge in [-0.3, -0.25) is 29.5 Å². The van der Waals surface area contributed by atoms with Gasteiger partial charge in [0, 0.05) is 42.0 Å². The SMILES string of the molecule is O=C1CCC(N2Cc3cc(C(=O)N[C@H](c4cccnc4)C(F)(F)F)ccc3C2=O)C(=O)N1. The number of nitrogens with zero attached hydrogens (tertiary/aromatic N) is 2. The average molecular weight is 446 g/mol. The summed E-state index contributed by atoms with van der Waals surface area (Å²) in [5.74, 6) is -2.40. The molecule has 2 atom stereocenters. The van der Waals surface area contributed by atoms with E-state index in [1.54, 1.807) is 0 Å². The zero-order valence-electron chi connectivity index (χ0n) is 16.5. The van der Waals surface area contributed by atoms with Crippen LogP contribution in [0, 0.1) is 0 Å². The molecule has 3 heterocycles. The Morgan fingerprint density at radius 2 is 2.00 bits per heavy atom. The molecular weight excluding hydrogens is 429 g/mol. The highest BCUT2D eigenvalue weighted by Crippen LogP contribution is 2.33. The van der Waals surface area contributed by atoms with Crippen LogP contribution >= 0.6 is 0 Å². The lowest BCUT2D eigenvalue weighted by molar-refractivity contribution is -0.155. The molecule has 4 amide bonds. The van der Waals surface area contributed by atoms with Gasteiger partial charge in [-0.15, -0.1) is 0 Å². The monoisotopic (exact) mass is 446 g/mol. The summed E-state index contributed by atoms with van der Waals surface area (Å²) in [6, 6.07) is 3.42. The Balaban J connectivity index is 1.54. The molecule has 2 aromatic rings. The van der Waals surface area contributed by atoms with E-state index in [1.807, 2.05) is 5.32 Å². The number of halogens is 3. The molecule has 1 unspecified atom stereocenters. The van der Waals surface area contributed by atoms with Gasteiger partial charge in [0.1, 0.15) is 6.04 Å². The van der Waals surface area contributed by atoms with Gasteiger partial charge in [0.15, 0.2) is 6.04 Å². The number of piperidine rings is 1. The molecule has 0 aliphatic carbocycles. The molecule has 2 aliphatic heterocycles. The number of pyridine rings is 1. The number of rotatable bonds is 4. The van der Waals surface area contributed by atoms with Crippen LogP contribution in [0.2, 0.25) is 0 Å². The van der Waals surface area contributed by atoms with Crippen molar-refractivity contribution in [3.05, 3.63) is 65.0 Å². The van der Waals surface area contributed by atoms with Crippen LogP contribution in [0.5, 0.6) is 0 Å². The largest absolute Gasteiger partial charge is 0.412 e. The highest BCUT2D eigenvalue weighted by Gasteiger charge is 2.43. The number of imide groups is 1. The van der Waals surface area contributed by atoms with Gasteiger partial charge in [0.2, 0.25) is 11.8 Å². The molecule has 0 spiro atoms. The summed E-state index contributed by atoms with van der Waals surface area (Å²) in [5, 5.41) is 4.16. The molecule has 2 N–H and O–H groups in total. The fourth-order valence-electron chi connectivity index (χ4n) is 3.83. The van der Waals surface area contributed by atoms with Gasteiger partial charge >= 0.3 is 6.18 Å². The molecule has 8 nitrogen and oxygen atoms in total. The van der Waals surface area contributed by atoms with E-state index >= 15 is 0 Å². The Bertz CT molecular complexity index is 1100. The van der Waals surface area contributed by atoms with Crippen molar-refractivity contribution in [3.63, 3.8) is 0 Å². The normalized spacial score (nSPS) is 19.4. The second-order valence-corrected chi connectivity index (χ2v) is 7.51. The van der Waals surface area contributed by atoms with Crippen molar-refractivity contribution in [3.8, 4) is 0 Å². The van der Waals surface area contributed by atoms with E-state index in [4.69, 9.17) is 0 Å². The van der Waals surface area contributed by atoms with E-state index in [0.29, 0.717) is 5.56 Å². The number of benzene rings is 1. The molecule has 11 heteroatoms. The summed E-state index contributed by atoms with van der Waals surface area (Å²) in [7, 11) is 0. The number of alkyl halides is 3. The lowest BCUT2D eigenvalue weighted by Crippen LogP contribution is -2.52. The first kappa shape index (κ1) is 21.5. The van der Waals surface area contributed by atoms with Gasteiger partial charge in [-0.2, -0.15) is 13.2 Å². The minimum absolute atomic E-state index is 0.00681. The predicted octanol–water partition coefficient (Wildman–Crippen LogP) is 1.88. The first-order chi connectivity index (χ1) is 15.1. The van der Waals surface area contributed by atoms with Crippen LogP contribution in [-0.2, 0) is 16.1 Å². The van der Waals surface area contributed by atoms with E-state index in [-0.39, 0.29) is 36.1 Å². The van der Waals surface area contributed by atoms with E-state index in [2.05, 4.69) is 10.3 Å². The fraction of sp³-hybridized carbons (Fsp3) is 0.286. The fourth-order valence-corrected chi connectivity index (χ4v) is 3.83. The first-order valence-corrected chi connectivity index (χ1v) is 9.70. The molecule has 4 rings (SSSR count).